The van der Waals surface area contributed by atoms with Gasteiger partial charge in [0.2, 0.25) is 6.79 Å². The maximum atomic E-state index is 5.81. The molecule has 2 rings (SSSR count). The Kier molecular flexibility index (Phi) is 5.95. The van der Waals surface area contributed by atoms with Gasteiger partial charge in [0.15, 0.2) is 11.5 Å². The molecule has 0 radical (unpaired) electrons. The Morgan fingerprint density at radius 1 is 1.10 bits per heavy atom. The lowest BCUT2D eigenvalue weighted by atomic mass is 10.1. The van der Waals surface area contributed by atoms with Crippen LogP contribution in [0.1, 0.15) is 25.8 Å². The highest BCUT2D eigenvalue weighted by Gasteiger charge is 2.17. The Bertz CT molecular complexity index is 423. The van der Waals surface area contributed by atoms with Crippen molar-refractivity contribution in [2.75, 3.05) is 33.2 Å². The lowest BCUT2D eigenvalue weighted by molar-refractivity contribution is 0.100. The molecule has 0 saturated heterocycles. The number of benzene rings is 1. The fourth-order valence-electron chi connectivity index (χ4n) is 1.95. The minimum absolute atomic E-state index is 0.277. The van der Waals surface area contributed by atoms with Gasteiger partial charge in [-0.3, -0.25) is 0 Å². The van der Waals surface area contributed by atoms with Crippen molar-refractivity contribution in [1.29, 1.82) is 0 Å². The van der Waals surface area contributed by atoms with Gasteiger partial charge in [-0.15, -0.1) is 0 Å². The van der Waals surface area contributed by atoms with Crippen molar-refractivity contribution in [3.8, 4) is 17.2 Å². The Morgan fingerprint density at radius 2 is 1.90 bits per heavy atom. The maximum absolute atomic E-state index is 5.81. The summed E-state index contributed by atoms with van der Waals surface area (Å²) in [5.41, 5.74) is 1.08. The smallest absolute Gasteiger partial charge is 0.231 e. The van der Waals surface area contributed by atoms with Gasteiger partial charge in [-0.25, -0.2) is 0 Å². The molecule has 0 atom stereocenters. The molecular weight excluding hydrogens is 258 g/mol. The molecule has 5 heteroatoms. The van der Waals surface area contributed by atoms with E-state index < -0.39 is 0 Å². The first kappa shape index (κ1) is 14.9. The number of hydrogen-bond donors (Lipinski definition) is 1. The molecule has 0 fully saturated rings. The third-order valence-corrected chi connectivity index (χ3v) is 2.95. The lowest BCUT2D eigenvalue weighted by Crippen LogP contribution is -2.14. The molecule has 0 saturated carbocycles. The van der Waals surface area contributed by atoms with Crippen molar-refractivity contribution in [2.24, 2.45) is 0 Å². The molecule has 20 heavy (non-hydrogen) atoms. The van der Waals surface area contributed by atoms with Crippen molar-refractivity contribution in [3.05, 3.63) is 17.7 Å². The van der Waals surface area contributed by atoms with Crippen LogP contribution in [0.25, 0.3) is 0 Å². The summed E-state index contributed by atoms with van der Waals surface area (Å²) >= 11 is 0. The second kappa shape index (κ2) is 7.97. The average molecular weight is 281 g/mol. The van der Waals surface area contributed by atoms with Gasteiger partial charge in [-0.2, -0.15) is 0 Å². The molecule has 1 aromatic rings. The van der Waals surface area contributed by atoms with Gasteiger partial charge in [-0.05, 0) is 19.0 Å². The summed E-state index contributed by atoms with van der Waals surface area (Å²) in [6.45, 7) is 8.01. The summed E-state index contributed by atoms with van der Waals surface area (Å²) in [5, 5.41) is 3.30. The SMILES string of the molecule is CCCOCCOc1cc2c(cc1CNCC)OCO2. The molecule has 1 aliphatic rings. The van der Waals surface area contributed by atoms with E-state index in [9.17, 15) is 0 Å². The highest BCUT2D eigenvalue weighted by atomic mass is 16.7. The minimum Gasteiger partial charge on any atom is -0.491 e. The van der Waals surface area contributed by atoms with Crippen LogP contribution in [0.15, 0.2) is 12.1 Å². The second-order valence-corrected chi connectivity index (χ2v) is 4.55. The second-order valence-electron chi connectivity index (χ2n) is 4.55. The summed E-state index contributed by atoms with van der Waals surface area (Å²) < 4.78 is 22.0. The first-order valence-electron chi connectivity index (χ1n) is 7.19. The van der Waals surface area contributed by atoms with Gasteiger partial charge in [0.05, 0.1) is 6.61 Å². The van der Waals surface area contributed by atoms with E-state index >= 15 is 0 Å². The van der Waals surface area contributed by atoms with Gasteiger partial charge in [0.25, 0.3) is 0 Å². The maximum Gasteiger partial charge on any atom is 0.231 e. The van der Waals surface area contributed by atoms with E-state index in [4.69, 9.17) is 18.9 Å². The van der Waals surface area contributed by atoms with Gasteiger partial charge < -0.3 is 24.3 Å². The highest BCUT2D eigenvalue weighted by Crippen LogP contribution is 2.38. The average Bonchev–Trinajstić information content (AvgIpc) is 2.91. The number of nitrogens with one attached hydrogen (secondary N) is 1. The predicted octanol–water partition coefficient (Wildman–Crippen LogP) is 2.33. The number of fused-ring (bicyclic) bond motifs is 1. The summed E-state index contributed by atoms with van der Waals surface area (Å²) in [7, 11) is 0. The Labute approximate surface area is 120 Å². The Morgan fingerprint density at radius 3 is 2.65 bits per heavy atom. The minimum atomic E-state index is 0.277. The number of rotatable bonds is 9. The molecule has 0 aromatic heterocycles. The van der Waals surface area contributed by atoms with Crippen LogP contribution >= 0.6 is 0 Å². The van der Waals surface area contributed by atoms with E-state index in [0.717, 1.165) is 48.9 Å². The topological polar surface area (TPSA) is 49.0 Å². The van der Waals surface area contributed by atoms with Crippen LogP contribution in [0.5, 0.6) is 17.2 Å². The van der Waals surface area contributed by atoms with Gasteiger partial charge in [0.1, 0.15) is 12.4 Å². The molecule has 112 valence electrons. The molecule has 0 bridgehead atoms. The van der Waals surface area contributed by atoms with Crippen molar-refractivity contribution < 1.29 is 18.9 Å². The largest absolute Gasteiger partial charge is 0.491 e. The van der Waals surface area contributed by atoms with E-state index in [-0.39, 0.29) is 6.79 Å². The van der Waals surface area contributed by atoms with Crippen molar-refractivity contribution in [3.63, 3.8) is 0 Å². The zero-order chi connectivity index (χ0) is 14.2. The number of ether oxygens (including phenoxy) is 4. The Balaban J connectivity index is 1.97. The predicted molar refractivity (Wildman–Crippen MR) is 76.6 cm³/mol. The van der Waals surface area contributed by atoms with Crippen LogP contribution < -0.4 is 19.5 Å². The van der Waals surface area contributed by atoms with E-state index in [2.05, 4.69) is 19.2 Å². The standard InChI is InChI=1S/C15H23NO4/c1-3-5-17-6-7-18-13-9-15-14(19-11-20-15)8-12(13)10-16-4-2/h8-9,16H,3-7,10-11H2,1-2H3. The van der Waals surface area contributed by atoms with Gasteiger partial charge in [-0.1, -0.05) is 13.8 Å². The van der Waals surface area contributed by atoms with Crippen LogP contribution in [0.3, 0.4) is 0 Å². The fourth-order valence-corrected chi connectivity index (χ4v) is 1.95. The monoisotopic (exact) mass is 281 g/mol. The summed E-state index contributed by atoms with van der Waals surface area (Å²) in [6.07, 6.45) is 1.02. The Hall–Kier alpha value is -1.46. The third-order valence-electron chi connectivity index (χ3n) is 2.95. The summed E-state index contributed by atoms with van der Waals surface area (Å²) in [5.74, 6) is 2.36. The van der Waals surface area contributed by atoms with Gasteiger partial charge in [0, 0.05) is 24.8 Å². The first-order chi connectivity index (χ1) is 9.85. The molecule has 0 unspecified atom stereocenters. The van der Waals surface area contributed by atoms with Gasteiger partial charge >= 0.3 is 0 Å². The molecule has 0 aliphatic carbocycles. The molecule has 5 nitrogen and oxygen atoms in total. The zero-order valence-corrected chi connectivity index (χ0v) is 12.2. The highest BCUT2D eigenvalue weighted by molar-refractivity contribution is 5.51. The fraction of sp³-hybridized carbons (Fsp3) is 0.600. The summed E-state index contributed by atoms with van der Waals surface area (Å²) in [4.78, 5) is 0. The molecule has 0 spiro atoms. The van der Waals surface area contributed by atoms with E-state index in [0.29, 0.717) is 13.2 Å². The van der Waals surface area contributed by atoms with E-state index in [1.807, 2.05) is 12.1 Å². The van der Waals surface area contributed by atoms with Crippen molar-refractivity contribution >= 4 is 0 Å². The third kappa shape index (κ3) is 4.02. The quantitative estimate of drug-likeness (QED) is 0.704. The summed E-state index contributed by atoms with van der Waals surface area (Å²) in [6, 6.07) is 3.88. The van der Waals surface area contributed by atoms with Crippen LogP contribution in [-0.2, 0) is 11.3 Å². The molecule has 0 amide bonds. The number of hydrogen-bond acceptors (Lipinski definition) is 5. The molecule has 1 N–H and O–H groups in total. The van der Waals surface area contributed by atoms with Crippen LogP contribution in [-0.4, -0.2) is 33.2 Å². The van der Waals surface area contributed by atoms with Crippen molar-refractivity contribution in [1.82, 2.24) is 5.32 Å². The first-order valence-corrected chi connectivity index (χ1v) is 7.19. The zero-order valence-electron chi connectivity index (χ0n) is 12.2. The molecule has 1 heterocycles. The molecule has 1 aromatic carbocycles. The van der Waals surface area contributed by atoms with E-state index in [1.165, 1.54) is 0 Å². The molecular formula is C15H23NO4. The molecule has 1 aliphatic heterocycles. The van der Waals surface area contributed by atoms with Crippen molar-refractivity contribution in [2.45, 2.75) is 26.8 Å². The van der Waals surface area contributed by atoms with Crippen LogP contribution in [0.4, 0.5) is 0 Å². The lowest BCUT2D eigenvalue weighted by Gasteiger charge is -2.13. The van der Waals surface area contributed by atoms with Crippen LogP contribution in [0, 0.1) is 0 Å². The normalized spacial score (nSPS) is 12.7. The van der Waals surface area contributed by atoms with E-state index in [1.54, 1.807) is 0 Å². The van der Waals surface area contributed by atoms with Crippen LogP contribution in [0.2, 0.25) is 0 Å².